The Kier molecular flexibility index (Phi) is 5.74. The summed E-state index contributed by atoms with van der Waals surface area (Å²) in [5.41, 5.74) is 0.609. The van der Waals surface area contributed by atoms with Gasteiger partial charge in [0.2, 0.25) is 0 Å². The molecule has 0 bridgehead atoms. The molecule has 0 saturated carbocycles. The molecule has 7 nitrogen and oxygen atoms in total. The Hall–Kier alpha value is -2.12. The lowest BCUT2D eigenvalue weighted by Crippen LogP contribution is -2.08. The van der Waals surface area contributed by atoms with E-state index in [-0.39, 0.29) is 18.2 Å². The number of carbonyl (C=O) groups is 1. The third-order valence-corrected chi connectivity index (χ3v) is 3.07. The van der Waals surface area contributed by atoms with Crippen molar-refractivity contribution in [1.82, 2.24) is 9.97 Å². The van der Waals surface area contributed by atoms with E-state index in [1.165, 1.54) is 6.33 Å². The highest BCUT2D eigenvalue weighted by Crippen LogP contribution is 2.34. The van der Waals surface area contributed by atoms with Crippen LogP contribution in [-0.4, -0.2) is 48.0 Å². The highest BCUT2D eigenvalue weighted by Gasteiger charge is 2.12. The lowest BCUT2D eigenvalue weighted by Gasteiger charge is -2.13. The maximum atomic E-state index is 10.6. The first-order chi connectivity index (χ1) is 10.6. The molecular formula is C14H15ClN2O5. The molecule has 0 radical (unpaired) electrons. The molecule has 0 spiro atoms. The van der Waals surface area contributed by atoms with Crippen LogP contribution in [0.2, 0.25) is 5.15 Å². The second-order valence-electron chi connectivity index (χ2n) is 4.31. The largest absolute Gasteiger partial charge is 0.489 e. The first-order valence-corrected chi connectivity index (χ1v) is 6.90. The van der Waals surface area contributed by atoms with Crippen molar-refractivity contribution in [3.05, 3.63) is 23.6 Å². The molecule has 0 unspecified atom stereocenters. The lowest BCUT2D eigenvalue weighted by molar-refractivity contribution is -0.137. The molecule has 118 valence electrons. The minimum atomic E-state index is -0.941. The van der Waals surface area contributed by atoms with Crippen LogP contribution in [0.1, 0.15) is 6.42 Å². The average molecular weight is 327 g/mol. The summed E-state index contributed by atoms with van der Waals surface area (Å²) in [4.78, 5) is 18.6. The zero-order chi connectivity index (χ0) is 15.9. The summed E-state index contributed by atoms with van der Waals surface area (Å²) in [5.74, 6) is -0.102. The Bertz CT molecular complexity index is 665. The zero-order valence-electron chi connectivity index (χ0n) is 11.9. The van der Waals surface area contributed by atoms with Gasteiger partial charge in [-0.05, 0) is 6.07 Å². The normalized spacial score (nSPS) is 10.6. The second kappa shape index (κ2) is 7.77. The quantitative estimate of drug-likeness (QED) is 0.587. The maximum absolute atomic E-state index is 10.6. The molecule has 1 heterocycles. The highest BCUT2D eigenvalue weighted by atomic mass is 35.5. The van der Waals surface area contributed by atoms with Gasteiger partial charge in [0.05, 0.1) is 25.2 Å². The molecule has 1 aromatic heterocycles. The van der Waals surface area contributed by atoms with Crippen molar-refractivity contribution < 1.29 is 24.1 Å². The molecule has 0 fully saturated rings. The van der Waals surface area contributed by atoms with E-state index in [1.54, 1.807) is 19.2 Å². The number of aromatic nitrogens is 2. The average Bonchev–Trinajstić information content (AvgIpc) is 2.48. The van der Waals surface area contributed by atoms with E-state index in [0.29, 0.717) is 35.6 Å². The van der Waals surface area contributed by atoms with E-state index in [9.17, 15) is 4.79 Å². The molecule has 2 rings (SSSR count). The number of methoxy groups -OCH3 is 1. The van der Waals surface area contributed by atoms with Gasteiger partial charge in [-0.1, -0.05) is 11.6 Å². The Labute approximate surface area is 131 Å². The Balaban J connectivity index is 2.28. The van der Waals surface area contributed by atoms with Gasteiger partial charge in [-0.2, -0.15) is 0 Å². The van der Waals surface area contributed by atoms with Crippen LogP contribution in [0.5, 0.6) is 11.5 Å². The van der Waals surface area contributed by atoms with Gasteiger partial charge in [0, 0.05) is 18.6 Å². The van der Waals surface area contributed by atoms with Gasteiger partial charge in [-0.15, -0.1) is 0 Å². The predicted octanol–water partition coefficient (Wildman–Crippen LogP) is 2.16. The fourth-order valence-corrected chi connectivity index (χ4v) is 1.94. The van der Waals surface area contributed by atoms with Crippen LogP contribution in [0.3, 0.4) is 0 Å². The molecule has 2 aromatic rings. The van der Waals surface area contributed by atoms with Crippen LogP contribution in [0, 0.1) is 0 Å². The zero-order valence-corrected chi connectivity index (χ0v) is 12.7. The Morgan fingerprint density at radius 3 is 2.64 bits per heavy atom. The summed E-state index contributed by atoms with van der Waals surface area (Å²) in [6.45, 7) is 0.764. The van der Waals surface area contributed by atoms with E-state index in [0.717, 1.165) is 0 Å². The number of carboxylic acid groups (broad SMARTS) is 1. The number of nitrogens with zero attached hydrogens (tertiary/aromatic N) is 2. The number of aliphatic carboxylic acids is 1. The van der Waals surface area contributed by atoms with Gasteiger partial charge in [-0.25, -0.2) is 9.97 Å². The van der Waals surface area contributed by atoms with Gasteiger partial charge in [0.15, 0.2) is 11.5 Å². The van der Waals surface area contributed by atoms with Crippen LogP contribution < -0.4 is 9.47 Å². The van der Waals surface area contributed by atoms with E-state index < -0.39 is 5.97 Å². The number of halogens is 1. The number of rotatable bonds is 8. The summed E-state index contributed by atoms with van der Waals surface area (Å²) < 4.78 is 16.0. The first kappa shape index (κ1) is 16.3. The number of hydrogen-bond acceptors (Lipinski definition) is 6. The van der Waals surface area contributed by atoms with Crippen molar-refractivity contribution in [2.75, 3.05) is 26.9 Å². The number of fused-ring (bicyclic) bond motifs is 1. The molecule has 1 N–H and O–H groups in total. The number of benzene rings is 1. The van der Waals surface area contributed by atoms with E-state index in [2.05, 4.69) is 9.97 Å². The number of ether oxygens (including phenoxy) is 3. The van der Waals surface area contributed by atoms with Crippen LogP contribution >= 0.6 is 11.6 Å². The third kappa shape index (κ3) is 4.19. The molecule has 8 heteroatoms. The Morgan fingerprint density at radius 1 is 1.18 bits per heavy atom. The molecule has 0 saturated heterocycles. The molecule has 0 amide bonds. The second-order valence-corrected chi connectivity index (χ2v) is 4.67. The Morgan fingerprint density at radius 2 is 1.91 bits per heavy atom. The summed E-state index contributed by atoms with van der Waals surface area (Å²) >= 11 is 6.03. The van der Waals surface area contributed by atoms with E-state index in [4.69, 9.17) is 30.9 Å². The fourth-order valence-electron chi connectivity index (χ4n) is 1.74. The smallest absolute Gasteiger partial charge is 0.306 e. The molecule has 0 aliphatic heterocycles. The van der Waals surface area contributed by atoms with Crippen molar-refractivity contribution in [2.45, 2.75) is 6.42 Å². The van der Waals surface area contributed by atoms with Gasteiger partial charge in [0.25, 0.3) is 0 Å². The summed E-state index contributed by atoms with van der Waals surface area (Å²) in [7, 11) is 1.57. The first-order valence-electron chi connectivity index (χ1n) is 6.52. The summed E-state index contributed by atoms with van der Waals surface area (Å²) in [6, 6.07) is 3.32. The van der Waals surface area contributed by atoms with Crippen molar-refractivity contribution in [3.8, 4) is 11.5 Å². The van der Waals surface area contributed by atoms with Crippen LogP contribution in [0.25, 0.3) is 10.9 Å². The number of carboxylic acids is 1. The molecule has 0 aliphatic rings. The topological polar surface area (TPSA) is 90.8 Å². The minimum Gasteiger partial charge on any atom is -0.489 e. The molecule has 0 aliphatic carbocycles. The van der Waals surface area contributed by atoms with Gasteiger partial charge >= 0.3 is 5.97 Å². The standard InChI is InChI=1S/C14H15ClN2O5/c1-20-4-5-22-12-7-10-9(14(15)17-8-16-10)6-11(12)21-3-2-13(18)19/h6-8H,2-5H2,1H3,(H,18,19). The summed E-state index contributed by atoms with van der Waals surface area (Å²) in [5, 5.41) is 9.57. The predicted molar refractivity (Wildman–Crippen MR) is 79.7 cm³/mol. The van der Waals surface area contributed by atoms with Crippen molar-refractivity contribution >= 4 is 28.5 Å². The van der Waals surface area contributed by atoms with Crippen LogP contribution in [0.15, 0.2) is 18.5 Å². The highest BCUT2D eigenvalue weighted by molar-refractivity contribution is 6.34. The van der Waals surface area contributed by atoms with Crippen LogP contribution in [0.4, 0.5) is 0 Å². The maximum Gasteiger partial charge on any atom is 0.306 e. The van der Waals surface area contributed by atoms with Crippen molar-refractivity contribution in [3.63, 3.8) is 0 Å². The molecule has 1 aromatic carbocycles. The van der Waals surface area contributed by atoms with E-state index >= 15 is 0 Å². The molecule has 0 atom stereocenters. The van der Waals surface area contributed by atoms with Gasteiger partial charge < -0.3 is 19.3 Å². The van der Waals surface area contributed by atoms with Crippen LogP contribution in [-0.2, 0) is 9.53 Å². The van der Waals surface area contributed by atoms with Crippen molar-refractivity contribution in [2.24, 2.45) is 0 Å². The molecule has 22 heavy (non-hydrogen) atoms. The minimum absolute atomic E-state index is 0.0206. The number of hydrogen-bond donors (Lipinski definition) is 1. The SMILES string of the molecule is COCCOc1cc2ncnc(Cl)c2cc1OCCC(=O)O. The monoisotopic (exact) mass is 326 g/mol. The third-order valence-electron chi connectivity index (χ3n) is 2.77. The van der Waals surface area contributed by atoms with E-state index in [1.807, 2.05) is 0 Å². The molecular weight excluding hydrogens is 312 g/mol. The fraction of sp³-hybridized carbons (Fsp3) is 0.357. The lowest BCUT2D eigenvalue weighted by atomic mass is 10.2. The van der Waals surface area contributed by atoms with Crippen molar-refractivity contribution in [1.29, 1.82) is 0 Å². The summed E-state index contributed by atoms with van der Waals surface area (Å²) in [6.07, 6.45) is 1.24. The van der Waals surface area contributed by atoms with Gasteiger partial charge in [0.1, 0.15) is 18.1 Å². The van der Waals surface area contributed by atoms with Gasteiger partial charge in [-0.3, -0.25) is 4.79 Å².